The Hall–Kier alpha value is -1.31. The number of carboxylic acids is 1. The normalized spacial score (nSPS) is 17.5. The summed E-state index contributed by atoms with van der Waals surface area (Å²) in [5.74, 6) is -0.105. The first-order chi connectivity index (χ1) is 8.64. The Morgan fingerprint density at radius 3 is 2.44 bits per heavy atom. The van der Waals surface area contributed by atoms with E-state index >= 15 is 0 Å². The molecule has 2 rings (SSSR count). The summed E-state index contributed by atoms with van der Waals surface area (Å²) < 4.78 is 0. The Bertz CT molecular complexity index is 428. The minimum atomic E-state index is -0.657. The second-order valence-electron chi connectivity index (χ2n) is 5.38. The molecular weight excluding hydrogens is 224 g/mol. The Balaban J connectivity index is 2.35. The summed E-state index contributed by atoms with van der Waals surface area (Å²) in [6.07, 6.45) is 4.82. The molecule has 0 saturated heterocycles. The number of hydrogen-bond donors (Lipinski definition) is 1. The van der Waals surface area contributed by atoms with Crippen LogP contribution in [0.5, 0.6) is 0 Å². The van der Waals surface area contributed by atoms with Gasteiger partial charge in [0.25, 0.3) is 0 Å². The lowest BCUT2D eigenvalue weighted by molar-refractivity contribution is -0.147. The molecule has 1 aromatic carbocycles. The molecule has 0 amide bonds. The molecule has 1 aliphatic carbocycles. The maximum Gasteiger partial charge on any atom is 0.314 e. The highest BCUT2D eigenvalue weighted by Gasteiger charge is 2.45. The van der Waals surface area contributed by atoms with Crippen LogP contribution in [0.15, 0.2) is 24.3 Å². The van der Waals surface area contributed by atoms with Gasteiger partial charge < -0.3 is 5.11 Å². The lowest BCUT2D eigenvalue weighted by Gasteiger charge is -2.38. The lowest BCUT2D eigenvalue weighted by atomic mass is 9.64. The molecule has 2 heteroatoms. The highest BCUT2D eigenvalue weighted by molar-refractivity contribution is 5.82. The Morgan fingerprint density at radius 1 is 1.33 bits per heavy atom. The van der Waals surface area contributed by atoms with E-state index < -0.39 is 11.4 Å². The van der Waals surface area contributed by atoms with Crippen LogP contribution in [-0.2, 0) is 10.2 Å². The van der Waals surface area contributed by atoms with Gasteiger partial charge in [-0.25, -0.2) is 0 Å². The fourth-order valence-corrected chi connectivity index (χ4v) is 3.01. The number of carbonyl (C=O) groups is 1. The van der Waals surface area contributed by atoms with Crippen molar-refractivity contribution >= 4 is 5.97 Å². The zero-order valence-corrected chi connectivity index (χ0v) is 11.3. The molecule has 18 heavy (non-hydrogen) atoms. The summed E-state index contributed by atoms with van der Waals surface area (Å²) >= 11 is 0. The van der Waals surface area contributed by atoms with E-state index in [9.17, 15) is 9.90 Å². The summed E-state index contributed by atoms with van der Waals surface area (Å²) in [5, 5.41) is 9.48. The summed E-state index contributed by atoms with van der Waals surface area (Å²) in [6.45, 7) is 4.38. The van der Waals surface area contributed by atoms with Crippen molar-refractivity contribution in [2.45, 2.75) is 57.3 Å². The first-order valence-electron chi connectivity index (χ1n) is 6.98. The van der Waals surface area contributed by atoms with Crippen LogP contribution in [0.3, 0.4) is 0 Å². The van der Waals surface area contributed by atoms with Crippen molar-refractivity contribution in [3.8, 4) is 0 Å². The van der Waals surface area contributed by atoms with Gasteiger partial charge in [0.2, 0.25) is 0 Å². The van der Waals surface area contributed by atoms with Crippen molar-refractivity contribution in [3.63, 3.8) is 0 Å². The molecule has 0 radical (unpaired) electrons. The van der Waals surface area contributed by atoms with Crippen molar-refractivity contribution in [3.05, 3.63) is 35.4 Å². The van der Waals surface area contributed by atoms with Gasteiger partial charge in [-0.1, -0.05) is 44.5 Å². The molecule has 0 spiro atoms. The highest BCUT2D eigenvalue weighted by Crippen LogP contribution is 2.44. The van der Waals surface area contributed by atoms with E-state index in [1.807, 2.05) is 12.1 Å². The molecule has 98 valence electrons. The quantitative estimate of drug-likeness (QED) is 0.849. The Labute approximate surface area is 109 Å². The monoisotopic (exact) mass is 246 g/mol. The molecule has 1 aromatic rings. The van der Waals surface area contributed by atoms with Crippen molar-refractivity contribution in [2.24, 2.45) is 0 Å². The van der Waals surface area contributed by atoms with Gasteiger partial charge in [0.1, 0.15) is 0 Å². The smallest absolute Gasteiger partial charge is 0.314 e. The number of carboxylic acid groups (broad SMARTS) is 1. The zero-order valence-electron chi connectivity index (χ0n) is 11.3. The molecule has 0 heterocycles. The standard InChI is InChI=1S/C16H22O2/c1-3-12(4-2)13-7-5-8-14(11-13)16(15(17)18)9-6-10-16/h5,7-8,11-12H,3-4,6,9-10H2,1-2H3,(H,17,18). The van der Waals surface area contributed by atoms with E-state index in [1.54, 1.807) is 0 Å². The van der Waals surface area contributed by atoms with Crippen LogP contribution in [0.1, 0.15) is 63.0 Å². The lowest BCUT2D eigenvalue weighted by Crippen LogP contribution is -2.42. The van der Waals surface area contributed by atoms with Gasteiger partial charge in [-0.2, -0.15) is 0 Å². The molecule has 0 aliphatic heterocycles. The average Bonchev–Trinajstić information content (AvgIpc) is 2.29. The number of rotatable bonds is 5. The van der Waals surface area contributed by atoms with Crippen LogP contribution >= 0.6 is 0 Å². The third-order valence-corrected chi connectivity index (χ3v) is 4.51. The summed E-state index contributed by atoms with van der Waals surface area (Å²) in [7, 11) is 0. The zero-order chi connectivity index (χ0) is 13.2. The molecule has 1 N–H and O–H groups in total. The molecule has 0 aromatic heterocycles. The van der Waals surface area contributed by atoms with Crippen LogP contribution in [0.4, 0.5) is 0 Å². The molecule has 0 unspecified atom stereocenters. The third kappa shape index (κ3) is 2.05. The topological polar surface area (TPSA) is 37.3 Å². The van der Waals surface area contributed by atoms with Crippen molar-refractivity contribution < 1.29 is 9.90 Å². The van der Waals surface area contributed by atoms with E-state index in [2.05, 4.69) is 26.0 Å². The summed E-state index contributed by atoms with van der Waals surface area (Å²) in [5.41, 5.74) is 1.71. The summed E-state index contributed by atoms with van der Waals surface area (Å²) in [6, 6.07) is 8.27. The molecule has 1 aliphatic rings. The van der Waals surface area contributed by atoms with Gasteiger partial charge in [0, 0.05) is 0 Å². The number of benzene rings is 1. The second kappa shape index (κ2) is 5.13. The van der Waals surface area contributed by atoms with Crippen LogP contribution in [-0.4, -0.2) is 11.1 Å². The maximum absolute atomic E-state index is 11.5. The predicted octanol–water partition coefficient (Wildman–Crippen LogP) is 4.10. The second-order valence-corrected chi connectivity index (χ2v) is 5.38. The molecule has 0 atom stereocenters. The minimum absolute atomic E-state index is 0.552. The molecular formula is C16H22O2. The minimum Gasteiger partial charge on any atom is -0.481 e. The molecule has 1 saturated carbocycles. The van der Waals surface area contributed by atoms with Crippen molar-refractivity contribution in [1.82, 2.24) is 0 Å². The van der Waals surface area contributed by atoms with Crippen LogP contribution in [0.2, 0.25) is 0 Å². The van der Waals surface area contributed by atoms with E-state index in [4.69, 9.17) is 0 Å². The first-order valence-corrected chi connectivity index (χ1v) is 6.98. The highest BCUT2D eigenvalue weighted by atomic mass is 16.4. The van der Waals surface area contributed by atoms with Crippen LogP contribution in [0.25, 0.3) is 0 Å². The van der Waals surface area contributed by atoms with E-state index in [1.165, 1.54) is 5.56 Å². The van der Waals surface area contributed by atoms with Gasteiger partial charge >= 0.3 is 5.97 Å². The van der Waals surface area contributed by atoms with Gasteiger partial charge in [-0.3, -0.25) is 4.79 Å². The van der Waals surface area contributed by atoms with E-state index in [0.29, 0.717) is 5.92 Å². The van der Waals surface area contributed by atoms with Gasteiger partial charge in [-0.05, 0) is 42.7 Å². The first kappa shape index (κ1) is 13.1. The van der Waals surface area contributed by atoms with Crippen molar-refractivity contribution in [2.75, 3.05) is 0 Å². The SMILES string of the molecule is CCC(CC)c1cccc(C2(C(=O)O)CCC2)c1. The Morgan fingerprint density at radius 2 is 2.00 bits per heavy atom. The molecule has 1 fully saturated rings. The number of aliphatic carboxylic acids is 1. The Kier molecular flexibility index (Phi) is 3.74. The fourth-order valence-electron chi connectivity index (χ4n) is 3.01. The van der Waals surface area contributed by atoms with Gasteiger partial charge in [-0.15, -0.1) is 0 Å². The maximum atomic E-state index is 11.5. The van der Waals surface area contributed by atoms with Crippen molar-refractivity contribution in [1.29, 1.82) is 0 Å². The van der Waals surface area contributed by atoms with Gasteiger partial charge in [0.05, 0.1) is 5.41 Å². The molecule has 2 nitrogen and oxygen atoms in total. The van der Waals surface area contributed by atoms with E-state index in [0.717, 1.165) is 37.7 Å². The largest absolute Gasteiger partial charge is 0.481 e. The predicted molar refractivity (Wildman–Crippen MR) is 72.9 cm³/mol. The van der Waals surface area contributed by atoms with Gasteiger partial charge in [0.15, 0.2) is 0 Å². The van der Waals surface area contributed by atoms with Crippen LogP contribution in [0, 0.1) is 0 Å². The fraction of sp³-hybridized carbons (Fsp3) is 0.562. The molecule has 0 bridgehead atoms. The average molecular weight is 246 g/mol. The third-order valence-electron chi connectivity index (χ3n) is 4.51. The summed E-state index contributed by atoms with van der Waals surface area (Å²) in [4.78, 5) is 11.5. The number of hydrogen-bond acceptors (Lipinski definition) is 1. The van der Waals surface area contributed by atoms with Crippen LogP contribution < -0.4 is 0 Å². The van der Waals surface area contributed by atoms with E-state index in [-0.39, 0.29) is 0 Å².